The average Bonchev–Trinajstić information content (AvgIpc) is 2.00. The van der Waals surface area contributed by atoms with Crippen LogP contribution < -0.4 is 0 Å². The van der Waals surface area contributed by atoms with E-state index in [1.807, 2.05) is 0 Å². The summed E-state index contributed by atoms with van der Waals surface area (Å²) in [6.07, 6.45) is -8.80. The zero-order valence-corrected chi connectivity index (χ0v) is 5.90. The highest BCUT2D eigenvalue weighted by molar-refractivity contribution is 5.72. The fourth-order valence-electron chi connectivity index (χ4n) is 0.509. The molecule has 0 unspecified atom stereocenters. The molecule has 3 atom stereocenters. The van der Waals surface area contributed by atoms with Gasteiger partial charge in [-0.05, 0) is 0 Å². The van der Waals surface area contributed by atoms with Crippen molar-refractivity contribution in [3.8, 4) is 0 Å². The van der Waals surface area contributed by atoms with Crippen LogP contribution in [0.25, 0.3) is 0 Å². The van der Waals surface area contributed by atoms with Crippen molar-refractivity contribution in [3.05, 3.63) is 0 Å². The van der Waals surface area contributed by atoms with Gasteiger partial charge >= 0.3 is 5.97 Å². The maximum absolute atomic E-state index is 9.98. The number of rotatable bonds is 4. The Balaban J connectivity index is 4.18. The fourth-order valence-corrected chi connectivity index (χ4v) is 0.509. The predicted octanol–water partition coefficient (Wildman–Crippen LogP) is -3.54. The first kappa shape index (κ1) is 11.3. The Morgan fingerprint density at radius 2 is 1.33 bits per heavy atom. The summed E-state index contributed by atoms with van der Waals surface area (Å²) in [5.74, 6) is -1.76. The molecule has 0 aliphatic heterocycles. The molecule has 0 aromatic rings. The van der Waals surface area contributed by atoms with Crippen LogP contribution in [0, 0.1) is 0 Å². The molecule has 0 saturated carbocycles. The number of hydrogen-bond acceptors (Lipinski definition) is 6. The molecule has 0 spiro atoms. The van der Waals surface area contributed by atoms with E-state index in [2.05, 4.69) is 0 Å². The molecule has 0 aliphatic carbocycles. The summed E-state index contributed by atoms with van der Waals surface area (Å²) in [5, 5.41) is 50.6. The largest absolute Gasteiger partial charge is 0.479 e. The highest BCUT2D eigenvalue weighted by atomic mass is 16.5. The van der Waals surface area contributed by atoms with E-state index < -0.39 is 30.6 Å². The lowest BCUT2D eigenvalue weighted by molar-refractivity contribution is -0.187. The first-order valence-corrected chi connectivity index (χ1v) is 3.01. The van der Waals surface area contributed by atoms with Gasteiger partial charge in [-0.25, -0.2) is 4.79 Å². The van der Waals surface area contributed by atoms with Crippen LogP contribution in [-0.2, 0) is 4.79 Å². The van der Waals surface area contributed by atoms with Crippen LogP contribution in [0.5, 0.6) is 0 Å². The summed E-state index contributed by atoms with van der Waals surface area (Å²) >= 11 is 0. The van der Waals surface area contributed by atoms with Crippen LogP contribution in [0.4, 0.5) is 0 Å². The minimum Gasteiger partial charge on any atom is -0.479 e. The van der Waals surface area contributed by atoms with Crippen LogP contribution >= 0.6 is 0 Å². The van der Waals surface area contributed by atoms with Gasteiger partial charge in [-0.2, -0.15) is 0 Å². The van der Waals surface area contributed by atoms with E-state index in [-0.39, 0.29) is 0 Å². The second-order valence-electron chi connectivity index (χ2n) is 2.18. The van der Waals surface area contributed by atoms with E-state index in [1.54, 1.807) is 0 Å². The van der Waals surface area contributed by atoms with Crippen molar-refractivity contribution in [3.63, 3.8) is 0 Å². The summed E-state index contributed by atoms with van der Waals surface area (Å²) in [4.78, 5) is 9.98. The Labute approximate surface area is 67.1 Å². The van der Waals surface area contributed by atoms with Crippen molar-refractivity contribution < 1.29 is 35.4 Å². The molecule has 6 N–H and O–H groups in total. The summed E-state index contributed by atoms with van der Waals surface area (Å²) in [6, 6.07) is 0. The lowest BCUT2D eigenvalue weighted by Crippen LogP contribution is -2.47. The lowest BCUT2D eigenvalue weighted by Gasteiger charge is -2.20. The summed E-state index contributed by atoms with van der Waals surface area (Å²) in [7, 11) is 0. The molecular formula is C5H10O7. The van der Waals surface area contributed by atoms with Crippen molar-refractivity contribution in [2.75, 3.05) is 0 Å². The van der Waals surface area contributed by atoms with Crippen molar-refractivity contribution >= 4 is 5.97 Å². The standard InChI is InChI=1S/C5H10O7/c6-1(2(7)4(9)10)3(8)5(11)12/h1-4,6-10H,(H,11,12)/t1-,2-,3+/m0/s1. The van der Waals surface area contributed by atoms with E-state index in [4.69, 9.17) is 30.6 Å². The Hall–Kier alpha value is -0.730. The third-order valence-electron chi connectivity index (χ3n) is 1.23. The maximum atomic E-state index is 9.98. The molecule has 7 nitrogen and oxygen atoms in total. The summed E-state index contributed by atoms with van der Waals surface area (Å²) < 4.78 is 0. The zero-order valence-electron chi connectivity index (χ0n) is 5.90. The molecule has 0 aliphatic rings. The smallest absolute Gasteiger partial charge is 0.335 e. The number of hydrogen-bond donors (Lipinski definition) is 6. The second kappa shape index (κ2) is 4.33. The Morgan fingerprint density at radius 3 is 1.58 bits per heavy atom. The van der Waals surface area contributed by atoms with Gasteiger partial charge in [0.15, 0.2) is 12.4 Å². The van der Waals surface area contributed by atoms with Crippen LogP contribution in [0.3, 0.4) is 0 Å². The van der Waals surface area contributed by atoms with Crippen molar-refractivity contribution in [2.24, 2.45) is 0 Å². The number of carboxylic acids is 1. The van der Waals surface area contributed by atoms with Crippen LogP contribution in [0.1, 0.15) is 0 Å². The van der Waals surface area contributed by atoms with Gasteiger partial charge in [0.2, 0.25) is 0 Å². The van der Waals surface area contributed by atoms with Gasteiger partial charge in [0.25, 0.3) is 0 Å². The topological polar surface area (TPSA) is 138 Å². The third kappa shape index (κ3) is 2.72. The first-order chi connectivity index (χ1) is 5.37. The van der Waals surface area contributed by atoms with Gasteiger partial charge in [0.1, 0.15) is 12.2 Å². The van der Waals surface area contributed by atoms with E-state index in [0.29, 0.717) is 0 Å². The van der Waals surface area contributed by atoms with Crippen LogP contribution in [0.15, 0.2) is 0 Å². The monoisotopic (exact) mass is 182 g/mol. The molecule has 0 aromatic carbocycles. The van der Waals surface area contributed by atoms with Crippen LogP contribution in [-0.4, -0.2) is 61.2 Å². The van der Waals surface area contributed by atoms with E-state index in [0.717, 1.165) is 0 Å². The predicted molar refractivity (Wildman–Crippen MR) is 33.9 cm³/mol. The number of carboxylic acid groups (broad SMARTS) is 1. The van der Waals surface area contributed by atoms with Crippen LogP contribution in [0.2, 0.25) is 0 Å². The molecular weight excluding hydrogens is 172 g/mol. The van der Waals surface area contributed by atoms with Gasteiger partial charge < -0.3 is 30.6 Å². The van der Waals surface area contributed by atoms with Gasteiger partial charge in [0, 0.05) is 0 Å². The van der Waals surface area contributed by atoms with Gasteiger partial charge in [-0.3, -0.25) is 0 Å². The molecule has 0 fully saturated rings. The molecule has 0 amide bonds. The lowest BCUT2D eigenvalue weighted by atomic mass is 10.1. The average molecular weight is 182 g/mol. The molecule has 0 aromatic heterocycles. The molecule has 12 heavy (non-hydrogen) atoms. The minimum absolute atomic E-state index is 1.76. The quantitative estimate of drug-likeness (QED) is 0.247. The Bertz CT molecular complexity index is 156. The summed E-state index contributed by atoms with van der Waals surface area (Å²) in [5.41, 5.74) is 0. The van der Waals surface area contributed by atoms with Gasteiger partial charge in [-0.1, -0.05) is 0 Å². The molecule has 7 heteroatoms. The molecule has 72 valence electrons. The zero-order chi connectivity index (χ0) is 9.89. The Morgan fingerprint density at radius 1 is 0.917 bits per heavy atom. The minimum atomic E-state index is -2.30. The van der Waals surface area contributed by atoms with E-state index >= 15 is 0 Å². The van der Waals surface area contributed by atoms with Gasteiger partial charge in [-0.15, -0.1) is 0 Å². The second-order valence-corrected chi connectivity index (χ2v) is 2.18. The van der Waals surface area contributed by atoms with E-state index in [9.17, 15) is 4.79 Å². The highest BCUT2D eigenvalue weighted by Crippen LogP contribution is 2.03. The third-order valence-corrected chi connectivity index (χ3v) is 1.23. The molecule has 0 heterocycles. The molecule has 0 rings (SSSR count). The highest BCUT2D eigenvalue weighted by Gasteiger charge is 2.33. The molecule has 0 radical (unpaired) electrons. The number of carbonyl (C=O) groups is 1. The van der Waals surface area contributed by atoms with E-state index in [1.165, 1.54) is 0 Å². The molecule has 0 bridgehead atoms. The Kier molecular flexibility index (Phi) is 4.07. The number of aliphatic hydroxyl groups is 5. The number of aliphatic carboxylic acids is 1. The maximum Gasteiger partial charge on any atom is 0.335 e. The molecule has 0 saturated heterocycles. The fraction of sp³-hybridized carbons (Fsp3) is 0.800. The van der Waals surface area contributed by atoms with Crippen molar-refractivity contribution in [2.45, 2.75) is 24.6 Å². The number of aliphatic hydroxyl groups excluding tert-OH is 4. The SMILES string of the molecule is O=C(O)[C@H](O)[C@@H](O)[C@H](O)C(O)O. The van der Waals surface area contributed by atoms with Gasteiger partial charge in [0.05, 0.1) is 0 Å². The van der Waals surface area contributed by atoms with Crippen molar-refractivity contribution in [1.29, 1.82) is 0 Å². The summed E-state index contributed by atoms with van der Waals surface area (Å²) in [6.45, 7) is 0. The normalized spacial score (nSPS) is 18.8. The van der Waals surface area contributed by atoms with Crippen molar-refractivity contribution in [1.82, 2.24) is 0 Å². The first-order valence-electron chi connectivity index (χ1n) is 3.01.